The van der Waals surface area contributed by atoms with E-state index >= 15 is 0 Å². The average Bonchev–Trinajstić information content (AvgIpc) is 2.45. The minimum absolute atomic E-state index is 0.745. The molecule has 0 atom stereocenters. The normalized spacial score (nSPS) is 10.0. The van der Waals surface area contributed by atoms with Gasteiger partial charge in [-0.3, -0.25) is 9.89 Å². The van der Waals surface area contributed by atoms with Crippen LogP contribution in [-0.4, -0.2) is 16.5 Å². The number of hydrogen-bond acceptors (Lipinski definition) is 2. The first-order valence-electron chi connectivity index (χ1n) is 3.84. The van der Waals surface area contributed by atoms with Gasteiger partial charge in [-0.15, -0.1) is 0 Å². The number of rotatable bonds is 3. The molecule has 0 aliphatic heterocycles. The molecule has 1 aromatic heterocycles. The van der Waals surface area contributed by atoms with E-state index in [1.54, 1.807) is 0 Å². The summed E-state index contributed by atoms with van der Waals surface area (Å²) in [6.45, 7) is 3.99. The molecule has 0 aromatic carbocycles. The molecule has 3 nitrogen and oxygen atoms in total. The van der Waals surface area contributed by atoms with Crippen molar-refractivity contribution in [2.75, 3.05) is 0 Å². The lowest BCUT2D eigenvalue weighted by Crippen LogP contribution is -1.90. The van der Waals surface area contributed by atoms with Crippen LogP contribution < -0.4 is 0 Å². The van der Waals surface area contributed by atoms with E-state index in [-0.39, 0.29) is 0 Å². The second-order valence-corrected chi connectivity index (χ2v) is 2.39. The largest absolute Gasteiger partial charge is 0.298 e. The van der Waals surface area contributed by atoms with Gasteiger partial charge in [-0.05, 0) is 12.8 Å². The van der Waals surface area contributed by atoms with Gasteiger partial charge in [0.25, 0.3) is 0 Å². The Bertz CT molecular complexity index is 231. The average molecular weight is 152 g/mol. The standard InChI is InChI=1S/C8H12N2O/c1-3-7-6(5-11)8(4-2)10-9-7/h5H,3-4H2,1-2H3,(H,9,10). The molecule has 0 fully saturated rings. The summed E-state index contributed by atoms with van der Waals surface area (Å²) in [7, 11) is 0. The van der Waals surface area contributed by atoms with Crippen molar-refractivity contribution >= 4 is 6.29 Å². The van der Waals surface area contributed by atoms with E-state index in [0.717, 1.165) is 36.1 Å². The summed E-state index contributed by atoms with van der Waals surface area (Å²) in [5.74, 6) is 0. The second-order valence-electron chi connectivity index (χ2n) is 2.39. The van der Waals surface area contributed by atoms with E-state index in [2.05, 4.69) is 10.2 Å². The smallest absolute Gasteiger partial charge is 0.153 e. The number of aryl methyl sites for hydroxylation is 2. The number of hydrogen-bond donors (Lipinski definition) is 1. The molecule has 1 N–H and O–H groups in total. The molecule has 0 saturated heterocycles. The van der Waals surface area contributed by atoms with Gasteiger partial charge in [-0.1, -0.05) is 13.8 Å². The SMILES string of the molecule is CCc1n[nH]c(CC)c1C=O. The maximum Gasteiger partial charge on any atom is 0.153 e. The molecule has 0 aliphatic carbocycles. The van der Waals surface area contributed by atoms with Crippen LogP contribution in [0.3, 0.4) is 0 Å². The number of aldehydes is 1. The number of H-pyrrole nitrogens is 1. The molecule has 3 heteroatoms. The number of aromatic amines is 1. The lowest BCUT2D eigenvalue weighted by Gasteiger charge is -1.91. The maximum atomic E-state index is 10.6. The van der Waals surface area contributed by atoms with Crippen molar-refractivity contribution in [2.45, 2.75) is 26.7 Å². The van der Waals surface area contributed by atoms with Gasteiger partial charge >= 0.3 is 0 Å². The first-order valence-corrected chi connectivity index (χ1v) is 3.84. The van der Waals surface area contributed by atoms with E-state index in [9.17, 15) is 4.79 Å². The van der Waals surface area contributed by atoms with Crippen molar-refractivity contribution in [3.8, 4) is 0 Å². The van der Waals surface area contributed by atoms with E-state index in [4.69, 9.17) is 0 Å². The molecular weight excluding hydrogens is 140 g/mol. The van der Waals surface area contributed by atoms with Crippen LogP contribution in [0, 0.1) is 0 Å². The first kappa shape index (κ1) is 7.98. The van der Waals surface area contributed by atoms with Gasteiger partial charge in [0.05, 0.1) is 11.3 Å². The van der Waals surface area contributed by atoms with Gasteiger partial charge in [0, 0.05) is 5.69 Å². The van der Waals surface area contributed by atoms with Gasteiger partial charge in [-0.25, -0.2) is 0 Å². The van der Waals surface area contributed by atoms with Crippen LogP contribution in [0.4, 0.5) is 0 Å². The minimum Gasteiger partial charge on any atom is -0.298 e. The predicted molar refractivity (Wildman–Crippen MR) is 42.7 cm³/mol. The highest BCUT2D eigenvalue weighted by Crippen LogP contribution is 2.09. The third-order valence-corrected chi connectivity index (χ3v) is 1.77. The molecule has 0 radical (unpaired) electrons. The Labute approximate surface area is 65.8 Å². The molecule has 11 heavy (non-hydrogen) atoms. The van der Waals surface area contributed by atoms with Gasteiger partial charge in [0.1, 0.15) is 0 Å². The quantitative estimate of drug-likeness (QED) is 0.664. The second kappa shape index (κ2) is 3.32. The monoisotopic (exact) mass is 152 g/mol. The fourth-order valence-corrected chi connectivity index (χ4v) is 1.11. The Balaban J connectivity index is 3.08. The molecule has 0 saturated carbocycles. The van der Waals surface area contributed by atoms with Crippen LogP contribution >= 0.6 is 0 Å². The van der Waals surface area contributed by atoms with Crippen LogP contribution in [0.5, 0.6) is 0 Å². The molecule has 0 aliphatic rings. The molecule has 1 aromatic rings. The highest BCUT2D eigenvalue weighted by molar-refractivity contribution is 5.78. The van der Waals surface area contributed by atoms with Crippen molar-refractivity contribution in [1.29, 1.82) is 0 Å². The lowest BCUT2D eigenvalue weighted by molar-refractivity contribution is 0.112. The van der Waals surface area contributed by atoms with Crippen LogP contribution in [0.25, 0.3) is 0 Å². The van der Waals surface area contributed by atoms with E-state index < -0.39 is 0 Å². The Morgan fingerprint density at radius 1 is 1.45 bits per heavy atom. The summed E-state index contributed by atoms with van der Waals surface area (Å²) in [6.07, 6.45) is 2.52. The Hall–Kier alpha value is -1.12. The van der Waals surface area contributed by atoms with Gasteiger partial charge < -0.3 is 0 Å². The number of nitrogens with one attached hydrogen (secondary N) is 1. The highest BCUT2D eigenvalue weighted by Gasteiger charge is 2.07. The third-order valence-electron chi connectivity index (χ3n) is 1.77. The van der Waals surface area contributed by atoms with Crippen molar-refractivity contribution in [2.24, 2.45) is 0 Å². The van der Waals surface area contributed by atoms with Crippen LogP contribution in [0.2, 0.25) is 0 Å². The number of carbonyl (C=O) groups excluding carboxylic acids is 1. The van der Waals surface area contributed by atoms with Crippen molar-refractivity contribution in [1.82, 2.24) is 10.2 Å². The summed E-state index contributed by atoms with van der Waals surface area (Å²) < 4.78 is 0. The summed E-state index contributed by atoms with van der Waals surface area (Å²) in [5, 5.41) is 6.86. The van der Waals surface area contributed by atoms with Crippen molar-refractivity contribution < 1.29 is 4.79 Å². The molecule has 0 amide bonds. The molecule has 1 heterocycles. The summed E-state index contributed by atoms with van der Waals surface area (Å²) in [4.78, 5) is 10.6. The topological polar surface area (TPSA) is 45.8 Å². The number of carbonyl (C=O) groups is 1. The summed E-state index contributed by atoms with van der Waals surface area (Å²) >= 11 is 0. The fraction of sp³-hybridized carbons (Fsp3) is 0.500. The molecule has 0 bridgehead atoms. The van der Waals surface area contributed by atoms with Crippen LogP contribution in [0.15, 0.2) is 0 Å². The molecule has 0 unspecified atom stereocenters. The Morgan fingerprint density at radius 2 is 2.18 bits per heavy atom. The predicted octanol–water partition coefficient (Wildman–Crippen LogP) is 1.35. The Morgan fingerprint density at radius 3 is 2.64 bits per heavy atom. The minimum atomic E-state index is 0.745. The third kappa shape index (κ3) is 1.31. The van der Waals surface area contributed by atoms with Crippen LogP contribution in [-0.2, 0) is 12.8 Å². The zero-order chi connectivity index (χ0) is 8.27. The van der Waals surface area contributed by atoms with E-state index in [1.165, 1.54) is 0 Å². The summed E-state index contributed by atoms with van der Waals surface area (Å²) in [5.41, 5.74) is 2.56. The fourth-order valence-electron chi connectivity index (χ4n) is 1.11. The zero-order valence-corrected chi connectivity index (χ0v) is 6.85. The molecule has 1 rings (SSSR count). The summed E-state index contributed by atoms with van der Waals surface area (Å²) in [6, 6.07) is 0. The first-order chi connectivity index (χ1) is 5.33. The lowest BCUT2D eigenvalue weighted by atomic mass is 10.1. The molecular formula is C8H12N2O. The van der Waals surface area contributed by atoms with Gasteiger partial charge in [0.2, 0.25) is 0 Å². The highest BCUT2D eigenvalue weighted by atomic mass is 16.1. The van der Waals surface area contributed by atoms with Crippen LogP contribution in [0.1, 0.15) is 35.6 Å². The maximum absolute atomic E-state index is 10.6. The molecule has 60 valence electrons. The van der Waals surface area contributed by atoms with Crippen molar-refractivity contribution in [3.63, 3.8) is 0 Å². The van der Waals surface area contributed by atoms with Gasteiger partial charge in [-0.2, -0.15) is 5.10 Å². The van der Waals surface area contributed by atoms with Crippen molar-refractivity contribution in [3.05, 3.63) is 17.0 Å². The zero-order valence-electron chi connectivity index (χ0n) is 6.85. The van der Waals surface area contributed by atoms with Gasteiger partial charge in [0.15, 0.2) is 6.29 Å². The number of nitrogens with zero attached hydrogens (tertiary/aromatic N) is 1. The Kier molecular flexibility index (Phi) is 2.41. The number of aromatic nitrogens is 2. The van der Waals surface area contributed by atoms with E-state index in [0.29, 0.717) is 0 Å². The molecule has 0 spiro atoms. The van der Waals surface area contributed by atoms with E-state index in [1.807, 2.05) is 13.8 Å².